The molecule has 0 aromatic heterocycles. The fraction of sp³-hybridized carbons (Fsp3) is 0.875. The molecule has 1 rings (SSSR count). The van der Waals surface area contributed by atoms with E-state index in [1.807, 2.05) is 6.92 Å². The van der Waals surface area contributed by atoms with Crippen LogP contribution in [0.15, 0.2) is 0 Å². The average Bonchev–Trinajstić information content (AvgIpc) is 2.55. The zero-order valence-corrected chi connectivity index (χ0v) is 7.45. The van der Waals surface area contributed by atoms with Crippen LogP contribution >= 0.6 is 0 Å². The van der Waals surface area contributed by atoms with Crippen molar-refractivity contribution in [1.82, 2.24) is 5.06 Å². The highest BCUT2D eigenvalue weighted by Crippen LogP contribution is 2.07. The summed E-state index contributed by atoms with van der Waals surface area (Å²) in [7, 11) is 0. The summed E-state index contributed by atoms with van der Waals surface area (Å²) in [5.74, 6) is -0.0747. The SMILES string of the molecule is CCC[C@H](N)C(=O)N1CCCO1. The normalized spacial score (nSPS) is 19.7. The molecule has 1 aliphatic heterocycles. The molecule has 4 nitrogen and oxygen atoms in total. The van der Waals surface area contributed by atoms with Gasteiger partial charge in [0, 0.05) is 0 Å². The Morgan fingerprint density at radius 2 is 2.50 bits per heavy atom. The zero-order valence-electron chi connectivity index (χ0n) is 7.45. The van der Waals surface area contributed by atoms with E-state index >= 15 is 0 Å². The Morgan fingerprint density at radius 3 is 3.00 bits per heavy atom. The smallest absolute Gasteiger partial charge is 0.263 e. The van der Waals surface area contributed by atoms with Gasteiger partial charge < -0.3 is 5.73 Å². The summed E-state index contributed by atoms with van der Waals surface area (Å²) in [6, 6.07) is -0.381. The number of hydrogen-bond acceptors (Lipinski definition) is 3. The first-order valence-corrected chi connectivity index (χ1v) is 4.45. The van der Waals surface area contributed by atoms with Crippen LogP contribution < -0.4 is 5.73 Å². The first-order valence-electron chi connectivity index (χ1n) is 4.45. The fourth-order valence-corrected chi connectivity index (χ4v) is 1.24. The molecule has 12 heavy (non-hydrogen) atoms. The van der Waals surface area contributed by atoms with Crippen molar-refractivity contribution in [3.63, 3.8) is 0 Å². The first-order chi connectivity index (χ1) is 5.75. The van der Waals surface area contributed by atoms with E-state index in [4.69, 9.17) is 10.6 Å². The van der Waals surface area contributed by atoms with Gasteiger partial charge in [-0.25, -0.2) is 5.06 Å². The first kappa shape index (κ1) is 9.48. The molecular formula is C8H16N2O2. The van der Waals surface area contributed by atoms with Crippen molar-refractivity contribution in [3.8, 4) is 0 Å². The van der Waals surface area contributed by atoms with Crippen LogP contribution in [0.25, 0.3) is 0 Å². The highest BCUT2D eigenvalue weighted by atomic mass is 16.7. The topological polar surface area (TPSA) is 55.6 Å². The molecule has 0 spiro atoms. The lowest BCUT2D eigenvalue weighted by atomic mass is 10.1. The van der Waals surface area contributed by atoms with Crippen molar-refractivity contribution >= 4 is 5.91 Å². The quantitative estimate of drug-likeness (QED) is 0.665. The molecule has 70 valence electrons. The van der Waals surface area contributed by atoms with E-state index in [1.54, 1.807) is 0 Å². The Balaban J connectivity index is 2.34. The number of nitrogens with two attached hydrogens (primary N) is 1. The van der Waals surface area contributed by atoms with Crippen LogP contribution in [0.3, 0.4) is 0 Å². The van der Waals surface area contributed by atoms with Gasteiger partial charge in [0.1, 0.15) is 0 Å². The Hall–Kier alpha value is -0.610. The third-order valence-corrected chi connectivity index (χ3v) is 1.92. The lowest BCUT2D eigenvalue weighted by Gasteiger charge is -2.17. The Kier molecular flexibility index (Phi) is 3.49. The van der Waals surface area contributed by atoms with E-state index in [9.17, 15) is 4.79 Å². The van der Waals surface area contributed by atoms with Crippen LogP contribution in [0.5, 0.6) is 0 Å². The summed E-state index contributed by atoms with van der Waals surface area (Å²) in [4.78, 5) is 16.5. The zero-order chi connectivity index (χ0) is 8.97. The van der Waals surface area contributed by atoms with Crippen molar-refractivity contribution in [2.75, 3.05) is 13.2 Å². The summed E-state index contributed by atoms with van der Waals surface area (Å²) in [6.45, 7) is 3.35. The van der Waals surface area contributed by atoms with Gasteiger partial charge in [-0.15, -0.1) is 0 Å². The van der Waals surface area contributed by atoms with Gasteiger partial charge in [0.15, 0.2) is 0 Å². The van der Waals surface area contributed by atoms with Crippen LogP contribution in [-0.2, 0) is 9.63 Å². The van der Waals surface area contributed by atoms with Crippen molar-refractivity contribution in [2.45, 2.75) is 32.2 Å². The molecule has 0 unspecified atom stereocenters. The average molecular weight is 172 g/mol. The summed E-state index contributed by atoms with van der Waals surface area (Å²) >= 11 is 0. The lowest BCUT2D eigenvalue weighted by Crippen LogP contribution is -2.41. The van der Waals surface area contributed by atoms with Gasteiger partial charge in [0.05, 0.1) is 19.2 Å². The number of amides is 1. The number of hydroxylamine groups is 2. The van der Waals surface area contributed by atoms with E-state index in [0.29, 0.717) is 13.2 Å². The van der Waals surface area contributed by atoms with Crippen LogP contribution in [0, 0.1) is 0 Å². The maximum atomic E-state index is 11.4. The molecule has 1 aliphatic rings. The molecule has 1 amide bonds. The van der Waals surface area contributed by atoms with Gasteiger partial charge in [-0.05, 0) is 12.8 Å². The van der Waals surface area contributed by atoms with Crippen LogP contribution in [-0.4, -0.2) is 30.2 Å². The molecule has 0 bridgehead atoms. The second-order valence-corrected chi connectivity index (χ2v) is 3.02. The number of rotatable bonds is 3. The Bertz CT molecular complexity index is 155. The third kappa shape index (κ3) is 2.19. The van der Waals surface area contributed by atoms with E-state index in [0.717, 1.165) is 19.3 Å². The van der Waals surface area contributed by atoms with Crippen molar-refractivity contribution in [1.29, 1.82) is 0 Å². The molecule has 2 N–H and O–H groups in total. The molecule has 1 atom stereocenters. The second-order valence-electron chi connectivity index (χ2n) is 3.02. The number of carbonyl (C=O) groups is 1. The second kappa shape index (κ2) is 4.42. The van der Waals surface area contributed by atoms with Crippen molar-refractivity contribution in [2.24, 2.45) is 5.73 Å². The van der Waals surface area contributed by atoms with Gasteiger partial charge in [0.2, 0.25) is 0 Å². The lowest BCUT2D eigenvalue weighted by molar-refractivity contribution is -0.170. The highest BCUT2D eigenvalue weighted by Gasteiger charge is 2.23. The van der Waals surface area contributed by atoms with Crippen molar-refractivity contribution in [3.05, 3.63) is 0 Å². The van der Waals surface area contributed by atoms with Crippen LogP contribution in [0.2, 0.25) is 0 Å². The predicted octanol–water partition coefficient (Wildman–Crippen LogP) is 0.278. The molecule has 0 aromatic rings. The molecule has 0 saturated carbocycles. The minimum atomic E-state index is -0.381. The summed E-state index contributed by atoms with van der Waals surface area (Å²) in [6.07, 6.45) is 2.59. The Morgan fingerprint density at radius 1 is 1.75 bits per heavy atom. The van der Waals surface area contributed by atoms with E-state index in [2.05, 4.69) is 0 Å². The largest absolute Gasteiger partial charge is 0.320 e. The number of carbonyl (C=O) groups excluding carboxylic acids is 1. The highest BCUT2D eigenvalue weighted by molar-refractivity contribution is 5.80. The van der Waals surface area contributed by atoms with Crippen LogP contribution in [0.4, 0.5) is 0 Å². The fourth-order valence-electron chi connectivity index (χ4n) is 1.24. The molecule has 1 heterocycles. The maximum absolute atomic E-state index is 11.4. The van der Waals surface area contributed by atoms with Gasteiger partial charge in [-0.2, -0.15) is 0 Å². The third-order valence-electron chi connectivity index (χ3n) is 1.92. The molecule has 1 fully saturated rings. The van der Waals surface area contributed by atoms with Gasteiger partial charge >= 0.3 is 0 Å². The minimum Gasteiger partial charge on any atom is -0.320 e. The summed E-state index contributed by atoms with van der Waals surface area (Å²) in [5.41, 5.74) is 5.64. The van der Waals surface area contributed by atoms with E-state index in [1.165, 1.54) is 5.06 Å². The van der Waals surface area contributed by atoms with E-state index < -0.39 is 0 Å². The Labute approximate surface area is 72.6 Å². The molecule has 1 saturated heterocycles. The summed E-state index contributed by atoms with van der Waals surface area (Å²) in [5, 5.41) is 1.39. The molecule has 0 radical (unpaired) electrons. The van der Waals surface area contributed by atoms with Crippen molar-refractivity contribution < 1.29 is 9.63 Å². The van der Waals surface area contributed by atoms with Gasteiger partial charge in [-0.3, -0.25) is 9.63 Å². The molecular weight excluding hydrogens is 156 g/mol. The van der Waals surface area contributed by atoms with Crippen LogP contribution in [0.1, 0.15) is 26.2 Å². The molecule has 4 heteroatoms. The maximum Gasteiger partial charge on any atom is 0.263 e. The minimum absolute atomic E-state index is 0.0747. The predicted molar refractivity (Wildman–Crippen MR) is 45.2 cm³/mol. The monoisotopic (exact) mass is 172 g/mol. The number of hydrogen-bond donors (Lipinski definition) is 1. The van der Waals surface area contributed by atoms with Gasteiger partial charge in [-0.1, -0.05) is 13.3 Å². The molecule has 0 aliphatic carbocycles. The standard InChI is InChI=1S/C8H16N2O2/c1-2-4-7(9)8(11)10-5-3-6-12-10/h7H,2-6,9H2,1H3/t7-/m0/s1. The summed E-state index contributed by atoms with van der Waals surface area (Å²) < 4.78 is 0. The van der Waals surface area contributed by atoms with E-state index in [-0.39, 0.29) is 11.9 Å². The number of nitrogens with zero attached hydrogens (tertiary/aromatic N) is 1. The molecule has 0 aromatic carbocycles. The van der Waals surface area contributed by atoms with Gasteiger partial charge in [0.25, 0.3) is 5.91 Å².